The fourth-order valence-corrected chi connectivity index (χ4v) is 3.26. The largest absolute Gasteiger partial charge is 0.310 e. The molecule has 124 valence electrons. The number of benzene rings is 1. The quantitative estimate of drug-likeness (QED) is 0.568. The number of aromatic nitrogens is 4. The summed E-state index contributed by atoms with van der Waals surface area (Å²) in [6.45, 7) is 5.91. The van der Waals surface area contributed by atoms with Gasteiger partial charge in [0.1, 0.15) is 17.2 Å². The number of thioether (sulfide) groups is 1. The Bertz CT molecular complexity index is 856. The second-order valence-corrected chi connectivity index (χ2v) is 7.03. The zero-order valence-corrected chi connectivity index (χ0v) is 14.6. The molecule has 2 heterocycles. The van der Waals surface area contributed by atoms with Crippen molar-refractivity contribution in [2.24, 2.45) is 0 Å². The lowest BCUT2D eigenvalue weighted by atomic mass is 10.2. The highest BCUT2D eigenvalue weighted by molar-refractivity contribution is 8.00. The lowest BCUT2D eigenvalue weighted by Gasteiger charge is -2.15. The number of rotatable bonds is 5. The van der Waals surface area contributed by atoms with Gasteiger partial charge in [0.15, 0.2) is 0 Å². The number of hydrogen-bond acceptors (Lipinski definition) is 5. The van der Waals surface area contributed by atoms with Gasteiger partial charge in [0, 0.05) is 17.5 Å². The van der Waals surface area contributed by atoms with E-state index in [1.807, 2.05) is 45.0 Å². The molecule has 0 aliphatic rings. The van der Waals surface area contributed by atoms with Crippen LogP contribution in [-0.4, -0.2) is 30.9 Å². The molecule has 1 atom stereocenters. The molecule has 0 bridgehead atoms. The summed E-state index contributed by atoms with van der Waals surface area (Å²) >= 11 is 1.42. The van der Waals surface area contributed by atoms with E-state index in [1.54, 1.807) is 16.9 Å². The summed E-state index contributed by atoms with van der Waals surface area (Å²) < 4.78 is 1.79. The highest BCUT2D eigenvalue weighted by Gasteiger charge is 2.18. The molecule has 1 amide bonds. The van der Waals surface area contributed by atoms with Gasteiger partial charge in [-0.25, -0.2) is 14.6 Å². The maximum Gasteiger partial charge on any atom is 0.238 e. The third kappa shape index (κ3) is 3.41. The van der Waals surface area contributed by atoms with E-state index in [4.69, 9.17) is 0 Å². The fraction of sp³-hybridized carbons (Fsp3) is 0.294. The molecule has 1 aromatic carbocycles. The zero-order chi connectivity index (χ0) is 17.1. The average molecular weight is 341 g/mol. The molecule has 0 saturated carbocycles. The van der Waals surface area contributed by atoms with Crippen molar-refractivity contribution in [2.75, 3.05) is 5.32 Å². The van der Waals surface area contributed by atoms with E-state index >= 15 is 0 Å². The topological polar surface area (TPSA) is 72.7 Å². The van der Waals surface area contributed by atoms with Crippen molar-refractivity contribution in [3.8, 4) is 0 Å². The number of carbonyl (C=O) groups excluding carboxylic acids is 1. The van der Waals surface area contributed by atoms with Crippen LogP contribution in [0.5, 0.6) is 0 Å². The molecule has 0 saturated heterocycles. The van der Waals surface area contributed by atoms with Crippen molar-refractivity contribution in [1.82, 2.24) is 19.7 Å². The SMILES string of the molecule is CC(C)n1nccc1NC(=O)[C@H](C)Sc1ncnc2ccccc12. The Morgan fingerprint density at radius 3 is 2.75 bits per heavy atom. The normalized spacial score (nSPS) is 12.5. The van der Waals surface area contributed by atoms with E-state index < -0.39 is 0 Å². The van der Waals surface area contributed by atoms with Crippen LogP contribution in [0.2, 0.25) is 0 Å². The standard InChI is InChI=1S/C17H19N5OS/c1-11(2)22-15(8-9-20-22)21-16(23)12(3)24-17-13-6-4-5-7-14(13)18-10-19-17/h4-12H,1-3H3,(H,21,23)/t12-/m0/s1. The molecule has 3 aromatic rings. The third-order valence-electron chi connectivity index (χ3n) is 3.57. The summed E-state index contributed by atoms with van der Waals surface area (Å²) in [5.41, 5.74) is 0.875. The van der Waals surface area contributed by atoms with Crippen LogP contribution in [0.1, 0.15) is 26.8 Å². The van der Waals surface area contributed by atoms with Gasteiger partial charge in [-0.2, -0.15) is 5.10 Å². The molecule has 24 heavy (non-hydrogen) atoms. The van der Waals surface area contributed by atoms with Crippen molar-refractivity contribution in [1.29, 1.82) is 0 Å². The highest BCUT2D eigenvalue weighted by atomic mass is 32.2. The Labute approximate surface area is 144 Å². The number of nitrogens with one attached hydrogen (secondary N) is 1. The van der Waals surface area contributed by atoms with Crippen LogP contribution in [0.15, 0.2) is 47.9 Å². The number of hydrogen-bond donors (Lipinski definition) is 1. The van der Waals surface area contributed by atoms with E-state index in [0.29, 0.717) is 5.82 Å². The van der Waals surface area contributed by atoms with Crippen molar-refractivity contribution in [3.63, 3.8) is 0 Å². The Kier molecular flexibility index (Phi) is 4.80. The molecule has 0 aliphatic carbocycles. The first-order valence-corrected chi connectivity index (χ1v) is 8.65. The van der Waals surface area contributed by atoms with E-state index in [0.717, 1.165) is 15.9 Å². The van der Waals surface area contributed by atoms with Gasteiger partial charge >= 0.3 is 0 Å². The zero-order valence-electron chi connectivity index (χ0n) is 13.8. The molecular formula is C17H19N5OS. The first-order chi connectivity index (χ1) is 11.6. The predicted octanol–water partition coefficient (Wildman–Crippen LogP) is 3.53. The maximum atomic E-state index is 12.5. The average Bonchev–Trinajstić information content (AvgIpc) is 3.03. The van der Waals surface area contributed by atoms with Crippen LogP contribution >= 0.6 is 11.8 Å². The molecule has 2 aromatic heterocycles. The van der Waals surface area contributed by atoms with Gasteiger partial charge < -0.3 is 5.32 Å². The smallest absolute Gasteiger partial charge is 0.238 e. The van der Waals surface area contributed by atoms with E-state index in [9.17, 15) is 4.79 Å². The van der Waals surface area contributed by atoms with Gasteiger partial charge in [0.25, 0.3) is 0 Å². The molecule has 1 N–H and O–H groups in total. The minimum atomic E-state index is -0.293. The number of para-hydroxylation sites is 1. The number of anilines is 1. The van der Waals surface area contributed by atoms with Gasteiger partial charge in [-0.3, -0.25) is 4.79 Å². The second kappa shape index (κ2) is 7.00. The first kappa shape index (κ1) is 16.4. The molecule has 0 radical (unpaired) electrons. The van der Waals surface area contributed by atoms with Crippen molar-refractivity contribution < 1.29 is 4.79 Å². The monoisotopic (exact) mass is 341 g/mol. The first-order valence-electron chi connectivity index (χ1n) is 7.77. The van der Waals surface area contributed by atoms with E-state index in [2.05, 4.69) is 20.4 Å². The maximum absolute atomic E-state index is 12.5. The number of carbonyl (C=O) groups is 1. The van der Waals surface area contributed by atoms with Gasteiger partial charge in [0.05, 0.1) is 17.0 Å². The molecule has 0 unspecified atom stereocenters. The van der Waals surface area contributed by atoms with E-state index in [-0.39, 0.29) is 17.2 Å². The summed E-state index contributed by atoms with van der Waals surface area (Å²) in [4.78, 5) is 21.1. The molecule has 0 spiro atoms. The highest BCUT2D eigenvalue weighted by Crippen LogP contribution is 2.28. The van der Waals surface area contributed by atoms with Crippen LogP contribution in [0.4, 0.5) is 5.82 Å². The third-order valence-corrected chi connectivity index (χ3v) is 4.69. The number of amides is 1. The van der Waals surface area contributed by atoms with Gasteiger partial charge in [-0.15, -0.1) is 0 Å². The molecular weight excluding hydrogens is 322 g/mol. The van der Waals surface area contributed by atoms with Crippen LogP contribution in [0.3, 0.4) is 0 Å². The van der Waals surface area contributed by atoms with Crippen LogP contribution in [-0.2, 0) is 4.79 Å². The summed E-state index contributed by atoms with van der Waals surface area (Å²) in [6, 6.07) is 9.77. The Balaban J connectivity index is 1.75. The number of nitrogens with zero attached hydrogens (tertiary/aromatic N) is 4. The van der Waals surface area contributed by atoms with Gasteiger partial charge in [0.2, 0.25) is 5.91 Å². The summed E-state index contributed by atoms with van der Waals surface area (Å²) in [5.74, 6) is 0.625. The van der Waals surface area contributed by atoms with Crippen LogP contribution in [0, 0.1) is 0 Å². The Morgan fingerprint density at radius 1 is 1.17 bits per heavy atom. The predicted molar refractivity (Wildman–Crippen MR) is 96.1 cm³/mol. The van der Waals surface area contributed by atoms with Gasteiger partial charge in [-0.1, -0.05) is 30.0 Å². The summed E-state index contributed by atoms with van der Waals surface area (Å²) in [7, 11) is 0. The molecule has 7 heteroatoms. The van der Waals surface area contributed by atoms with E-state index in [1.165, 1.54) is 18.1 Å². The minimum Gasteiger partial charge on any atom is -0.310 e. The lowest BCUT2D eigenvalue weighted by molar-refractivity contribution is -0.115. The van der Waals surface area contributed by atoms with Crippen molar-refractivity contribution in [3.05, 3.63) is 42.9 Å². The van der Waals surface area contributed by atoms with Crippen molar-refractivity contribution >= 4 is 34.4 Å². The molecule has 0 fully saturated rings. The van der Waals surface area contributed by atoms with Crippen LogP contribution in [0.25, 0.3) is 10.9 Å². The molecule has 0 aliphatic heterocycles. The number of fused-ring (bicyclic) bond motifs is 1. The Hall–Kier alpha value is -2.41. The fourth-order valence-electron chi connectivity index (χ4n) is 2.35. The summed E-state index contributed by atoms with van der Waals surface area (Å²) in [5, 5.41) is 8.63. The van der Waals surface area contributed by atoms with Crippen LogP contribution < -0.4 is 5.32 Å². The van der Waals surface area contributed by atoms with Crippen molar-refractivity contribution in [2.45, 2.75) is 37.1 Å². The Morgan fingerprint density at radius 2 is 1.96 bits per heavy atom. The molecule has 3 rings (SSSR count). The molecule has 6 nitrogen and oxygen atoms in total. The van der Waals surface area contributed by atoms with Gasteiger partial charge in [-0.05, 0) is 26.8 Å². The second-order valence-electron chi connectivity index (χ2n) is 5.70. The lowest BCUT2D eigenvalue weighted by Crippen LogP contribution is -2.24. The minimum absolute atomic E-state index is 0.0786. The summed E-state index contributed by atoms with van der Waals surface area (Å²) in [6.07, 6.45) is 3.22.